The number of ether oxygens (including phenoxy) is 4. The number of hydrogen-bond donors (Lipinski definition) is 3. The molecule has 1 fully saturated rings. The maximum absolute atomic E-state index is 12.5. The molecule has 0 aliphatic carbocycles. The molecule has 0 aromatic rings. The fourth-order valence-corrected chi connectivity index (χ4v) is 6.48. The van der Waals surface area contributed by atoms with Gasteiger partial charge in [0.2, 0.25) is 0 Å². The topological polar surface area (TPSA) is 172 Å². The van der Waals surface area contributed by atoms with Gasteiger partial charge in [-0.2, -0.15) is 0 Å². The Balaban J connectivity index is 2.97. The van der Waals surface area contributed by atoms with Gasteiger partial charge in [-0.15, -0.1) is 0 Å². The summed E-state index contributed by atoms with van der Waals surface area (Å²) in [7, 11) is 0. The number of rotatable bonds is 18. The van der Waals surface area contributed by atoms with E-state index in [2.05, 4.69) is 6.58 Å². The molecule has 1 heterocycles. The van der Waals surface area contributed by atoms with E-state index in [1.807, 2.05) is 60.6 Å². The number of carbonyl (C=O) groups is 4. The van der Waals surface area contributed by atoms with Gasteiger partial charge in [0.15, 0.2) is 0 Å². The molecule has 11 heteroatoms. The van der Waals surface area contributed by atoms with E-state index in [1.165, 1.54) is 13.8 Å². The number of allylic oxidation sites excluding steroid dienone is 3. The molecule has 0 saturated carbocycles. The number of aliphatic hydroxyl groups is 2. The molecule has 1 saturated heterocycles. The lowest BCUT2D eigenvalue weighted by molar-refractivity contribution is -0.189. The van der Waals surface area contributed by atoms with Crippen LogP contribution < -0.4 is 5.73 Å². The van der Waals surface area contributed by atoms with Crippen molar-refractivity contribution in [2.45, 2.75) is 119 Å². The Morgan fingerprint density at radius 1 is 0.917 bits per heavy atom. The molecule has 0 bridgehead atoms. The summed E-state index contributed by atoms with van der Waals surface area (Å²) in [5.41, 5.74) is 6.30. The van der Waals surface area contributed by atoms with Crippen molar-refractivity contribution in [2.24, 2.45) is 47.2 Å². The molecule has 0 aromatic carbocycles. The number of primary amides is 1. The zero-order valence-electron chi connectivity index (χ0n) is 30.3. The van der Waals surface area contributed by atoms with Crippen LogP contribution >= 0.6 is 0 Å². The maximum atomic E-state index is 12.5. The molecular weight excluding hydrogens is 618 g/mol. The zero-order valence-corrected chi connectivity index (χ0v) is 30.3. The van der Waals surface area contributed by atoms with Gasteiger partial charge < -0.3 is 34.9 Å². The van der Waals surface area contributed by atoms with Crippen molar-refractivity contribution in [3.05, 3.63) is 48.6 Å². The largest absolute Gasteiger partial charge is 0.461 e. The second-order valence-electron chi connectivity index (χ2n) is 13.6. The Labute approximate surface area is 286 Å². The molecule has 11 nitrogen and oxygen atoms in total. The van der Waals surface area contributed by atoms with E-state index in [-0.39, 0.29) is 36.0 Å². The van der Waals surface area contributed by atoms with Crippen LogP contribution in [0.1, 0.15) is 82.1 Å². The minimum Gasteiger partial charge on any atom is -0.461 e. The minimum absolute atomic E-state index is 0.165. The monoisotopic (exact) mass is 677 g/mol. The van der Waals surface area contributed by atoms with Crippen LogP contribution in [0, 0.1) is 41.4 Å². The number of carbonyl (C=O) groups excluding carboxylic acids is 4. The Hall–Kier alpha value is -3.44. The summed E-state index contributed by atoms with van der Waals surface area (Å²) in [6, 6.07) is 0. The van der Waals surface area contributed by atoms with Crippen molar-refractivity contribution in [2.75, 3.05) is 0 Å². The van der Waals surface area contributed by atoms with Crippen LogP contribution in [0.3, 0.4) is 0 Å². The van der Waals surface area contributed by atoms with Crippen LogP contribution in [-0.2, 0) is 33.3 Å². The van der Waals surface area contributed by atoms with Crippen LogP contribution in [-0.4, -0.2) is 70.8 Å². The lowest BCUT2D eigenvalue weighted by Gasteiger charge is -2.39. The number of nitrogens with two attached hydrogens (primary N) is 1. The second-order valence-corrected chi connectivity index (χ2v) is 13.6. The lowest BCUT2D eigenvalue weighted by atomic mass is 9.81. The summed E-state index contributed by atoms with van der Waals surface area (Å²) in [6.07, 6.45) is 6.22. The van der Waals surface area contributed by atoms with E-state index >= 15 is 0 Å². The van der Waals surface area contributed by atoms with Gasteiger partial charge in [-0.1, -0.05) is 84.1 Å². The third-order valence-corrected chi connectivity index (χ3v) is 9.18. The van der Waals surface area contributed by atoms with Crippen molar-refractivity contribution < 1.29 is 48.3 Å². The maximum Gasteiger partial charge on any atom is 0.404 e. The molecule has 1 amide bonds. The van der Waals surface area contributed by atoms with Crippen LogP contribution in [0.25, 0.3) is 0 Å². The van der Waals surface area contributed by atoms with E-state index < -0.39 is 72.5 Å². The van der Waals surface area contributed by atoms with E-state index in [9.17, 15) is 29.4 Å². The van der Waals surface area contributed by atoms with Crippen molar-refractivity contribution in [3.8, 4) is 0 Å². The summed E-state index contributed by atoms with van der Waals surface area (Å²) < 4.78 is 21.9. The summed E-state index contributed by atoms with van der Waals surface area (Å²) in [4.78, 5) is 47.6. The van der Waals surface area contributed by atoms with Crippen molar-refractivity contribution >= 4 is 24.0 Å². The molecule has 48 heavy (non-hydrogen) atoms. The van der Waals surface area contributed by atoms with E-state index in [4.69, 9.17) is 24.7 Å². The second kappa shape index (κ2) is 20.2. The van der Waals surface area contributed by atoms with Gasteiger partial charge in [-0.05, 0) is 32.3 Å². The lowest BCUT2D eigenvalue weighted by Crippen LogP contribution is -2.49. The van der Waals surface area contributed by atoms with Crippen LogP contribution in [0.2, 0.25) is 0 Å². The summed E-state index contributed by atoms with van der Waals surface area (Å²) in [6.45, 7) is 21.0. The van der Waals surface area contributed by atoms with E-state index in [1.54, 1.807) is 31.2 Å². The third-order valence-electron chi connectivity index (χ3n) is 9.18. The molecular formula is C37H59NO10. The predicted molar refractivity (Wildman–Crippen MR) is 183 cm³/mol. The first-order chi connectivity index (χ1) is 22.3. The van der Waals surface area contributed by atoms with Crippen molar-refractivity contribution in [3.63, 3.8) is 0 Å². The highest BCUT2D eigenvalue weighted by atomic mass is 16.6. The highest BCUT2D eigenvalue weighted by Crippen LogP contribution is 2.33. The summed E-state index contributed by atoms with van der Waals surface area (Å²) in [5, 5.41) is 22.3. The van der Waals surface area contributed by atoms with E-state index in [0.29, 0.717) is 6.42 Å². The molecule has 0 spiro atoms. The third kappa shape index (κ3) is 13.6. The van der Waals surface area contributed by atoms with Gasteiger partial charge in [-0.3, -0.25) is 14.4 Å². The molecule has 0 aromatic heterocycles. The minimum atomic E-state index is -0.902. The quantitative estimate of drug-likeness (QED) is 0.0734. The van der Waals surface area contributed by atoms with Crippen LogP contribution in [0.5, 0.6) is 0 Å². The Morgan fingerprint density at radius 2 is 1.54 bits per heavy atom. The Bertz CT molecular complexity index is 1180. The number of aliphatic hydroxyl groups excluding tert-OH is 2. The molecule has 1 aliphatic heterocycles. The molecule has 13 atom stereocenters. The molecule has 4 N–H and O–H groups in total. The molecule has 1 aliphatic rings. The molecule has 1 rings (SSSR count). The van der Waals surface area contributed by atoms with Gasteiger partial charge in [-0.25, -0.2) is 4.79 Å². The van der Waals surface area contributed by atoms with Crippen molar-refractivity contribution in [1.29, 1.82) is 0 Å². The normalized spacial score (nSPS) is 25.9. The van der Waals surface area contributed by atoms with Gasteiger partial charge in [0, 0.05) is 49.9 Å². The van der Waals surface area contributed by atoms with Crippen LogP contribution in [0.15, 0.2) is 48.6 Å². The average Bonchev–Trinajstić information content (AvgIpc) is 3.00. The highest BCUT2D eigenvalue weighted by molar-refractivity contribution is 5.75. The SMILES string of the molecule is C=C/C=C\[C@H](C)[C@H](OC(N)=O)[C@@H](C)[C@H](O)[C@@H](C)C/C(C)=C\[C@H](C)[C@@H](O)[C@@H](C)/C=C\[C@H](C[C@@H]1OC(=O)[C@H](C)[C@@H](OC(C)=O)[C@H]1C)OC(C)=O. The fraction of sp³-hybridized carbons (Fsp3) is 0.676. The van der Waals surface area contributed by atoms with Gasteiger partial charge in [0.25, 0.3) is 0 Å². The fourth-order valence-electron chi connectivity index (χ4n) is 6.48. The van der Waals surface area contributed by atoms with Gasteiger partial charge in [0.1, 0.15) is 24.4 Å². The van der Waals surface area contributed by atoms with Gasteiger partial charge >= 0.3 is 24.0 Å². The molecule has 0 unspecified atom stereocenters. The number of esters is 3. The summed E-state index contributed by atoms with van der Waals surface area (Å²) >= 11 is 0. The summed E-state index contributed by atoms with van der Waals surface area (Å²) in [5.74, 6) is -3.80. The van der Waals surface area contributed by atoms with Crippen molar-refractivity contribution in [1.82, 2.24) is 0 Å². The number of amides is 1. The first kappa shape index (κ1) is 42.6. The molecule has 272 valence electrons. The Kier molecular flexibility index (Phi) is 17.9. The predicted octanol–water partition coefficient (Wildman–Crippen LogP) is 5.44. The van der Waals surface area contributed by atoms with Gasteiger partial charge in [0.05, 0.1) is 18.1 Å². The first-order valence-corrected chi connectivity index (χ1v) is 16.8. The van der Waals surface area contributed by atoms with Crippen LogP contribution in [0.4, 0.5) is 4.79 Å². The Morgan fingerprint density at radius 3 is 2.08 bits per heavy atom. The zero-order chi connectivity index (χ0) is 36.9. The smallest absolute Gasteiger partial charge is 0.404 e. The standard InChI is InChI=1S/C37H59NO10/c1-12-13-14-22(4)34(48-37(38)44)26(8)33(42)24(6)18-20(2)17-23(5)32(41)21(3)15-16-30(45-28(10)39)19-31-25(7)35(46-29(11)40)27(9)36(43)47-31/h12-17,21-27,30-35,41-42H,1,18-19H2,2-11H3,(H2,38,44)/b14-13-,16-15-,20-17-/t21-,22-,23-,24-,25-,26-,27+,30+,31-,32-,33+,34-,35-/m0/s1. The molecule has 0 radical (unpaired) electrons. The number of hydrogen-bond acceptors (Lipinski definition) is 10. The highest BCUT2D eigenvalue weighted by Gasteiger charge is 2.44. The van der Waals surface area contributed by atoms with E-state index in [0.717, 1.165) is 5.57 Å². The number of cyclic esters (lactones) is 1. The average molecular weight is 678 g/mol. The first-order valence-electron chi connectivity index (χ1n) is 16.8.